The molecule has 1 aromatic rings. The van der Waals surface area contributed by atoms with E-state index in [2.05, 4.69) is 16.5 Å². The maximum Gasteiger partial charge on any atom is 0.171 e. The van der Waals surface area contributed by atoms with Gasteiger partial charge in [0.1, 0.15) is 12.0 Å². The van der Waals surface area contributed by atoms with Gasteiger partial charge in [-0.2, -0.15) is 0 Å². The Morgan fingerprint density at radius 3 is 3.00 bits per heavy atom. The molecule has 0 saturated heterocycles. The largest absolute Gasteiger partial charge is 0.461 e. The minimum Gasteiger partial charge on any atom is -0.461 e. The number of ether oxygens (including phenoxy) is 1. The molecule has 0 N–H and O–H groups in total. The van der Waals surface area contributed by atoms with Crippen LogP contribution in [-0.2, 0) is 0 Å². The van der Waals surface area contributed by atoms with E-state index < -0.39 is 0 Å². The molecular formula is C8H7ClN2O. The van der Waals surface area contributed by atoms with Gasteiger partial charge in [0.2, 0.25) is 0 Å². The normalized spacial score (nSPS) is 12.8. The number of hydrogen-bond acceptors (Lipinski definition) is 3. The number of allylic oxidation sites excluding steroid dienone is 2. The van der Waals surface area contributed by atoms with Crippen LogP contribution < -0.4 is 4.74 Å². The van der Waals surface area contributed by atoms with Crippen LogP contribution >= 0.6 is 12.4 Å². The first-order valence-corrected chi connectivity index (χ1v) is 3.20. The number of halogens is 1. The topological polar surface area (TPSA) is 35.0 Å². The second kappa shape index (κ2) is 3.36. The van der Waals surface area contributed by atoms with Crippen LogP contribution in [0.4, 0.5) is 0 Å². The zero-order valence-corrected chi connectivity index (χ0v) is 7.04. The first-order valence-electron chi connectivity index (χ1n) is 3.20. The second-order valence-corrected chi connectivity index (χ2v) is 2.18. The number of rotatable bonds is 0. The summed E-state index contributed by atoms with van der Waals surface area (Å²) in [7, 11) is 0. The summed E-state index contributed by atoms with van der Waals surface area (Å²) >= 11 is 0. The van der Waals surface area contributed by atoms with Crippen molar-refractivity contribution in [2.24, 2.45) is 0 Å². The first-order chi connectivity index (χ1) is 5.38. The minimum atomic E-state index is 0. The van der Waals surface area contributed by atoms with Gasteiger partial charge in [0.15, 0.2) is 5.75 Å². The van der Waals surface area contributed by atoms with Crippen LogP contribution in [0.15, 0.2) is 31.4 Å². The highest BCUT2D eigenvalue weighted by molar-refractivity contribution is 5.85. The lowest BCUT2D eigenvalue weighted by atomic mass is 10.2. The lowest BCUT2D eigenvalue weighted by molar-refractivity contribution is 0.470. The Morgan fingerprint density at radius 2 is 2.25 bits per heavy atom. The highest BCUT2D eigenvalue weighted by Crippen LogP contribution is 2.25. The van der Waals surface area contributed by atoms with Gasteiger partial charge >= 0.3 is 0 Å². The van der Waals surface area contributed by atoms with Crippen LogP contribution in [0, 0.1) is 0 Å². The van der Waals surface area contributed by atoms with Gasteiger partial charge < -0.3 is 4.74 Å². The van der Waals surface area contributed by atoms with Crippen molar-refractivity contribution in [2.45, 2.75) is 0 Å². The number of nitrogens with zero attached hydrogens (tertiary/aromatic N) is 2. The van der Waals surface area contributed by atoms with E-state index in [1.807, 2.05) is 0 Å². The summed E-state index contributed by atoms with van der Waals surface area (Å²) in [5.74, 6) is 0.667. The number of hydrogen-bond donors (Lipinski definition) is 0. The molecule has 1 aliphatic heterocycles. The zero-order chi connectivity index (χ0) is 7.68. The molecule has 1 aliphatic rings. The van der Waals surface area contributed by atoms with Gasteiger partial charge in [-0.1, -0.05) is 6.58 Å². The minimum absolute atomic E-state index is 0. The molecule has 0 radical (unpaired) electrons. The Labute approximate surface area is 76.2 Å². The summed E-state index contributed by atoms with van der Waals surface area (Å²) < 4.78 is 5.13. The summed E-state index contributed by atoms with van der Waals surface area (Å²) in [5, 5.41) is 0. The Kier molecular flexibility index (Phi) is 2.45. The third-order valence-electron chi connectivity index (χ3n) is 1.45. The van der Waals surface area contributed by atoms with Gasteiger partial charge in [0.25, 0.3) is 0 Å². The molecule has 3 nitrogen and oxygen atoms in total. The Morgan fingerprint density at radius 1 is 1.42 bits per heavy atom. The van der Waals surface area contributed by atoms with Crippen molar-refractivity contribution >= 4 is 18.0 Å². The molecule has 0 bridgehead atoms. The fourth-order valence-corrected chi connectivity index (χ4v) is 0.913. The SMILES string of the molecule is C=C1C=COc2cncnc21.Cl. The van der Waals surface area contributed by atoms with Gasteiger partial charge in [-0.25, -0.2) is 9.97 Å². The molecule has 4 heteroatoms. The average molecular weight is 183 g/mol. The van der Waals surface area contributed by atoms with E-state index in [4.69, 9.17) is 4.74 Å². The molecule has 1 aromatic heterocycles. The molecule has 2 heterocycles. The summed E-state index contributed by atoms with van der Waals surface area (Å²) in [6, 6.07) is 0. The van der Waals surface area contributed by atoms with Crippen LogP contribution in [0.1, 0.15) is 5.69 Å². The van der Waals surface area contributed by atoms with Crippen molar-refractivity contribution in [3.63, 3.8) is 0 Å². The third-order valence-corrected chi connectivity index (χ3v) is 1.45. The molecule has 12 heavy (non-hydrogen) atoms. The molecule has 0 amide bonds. The van der Waals surface area contributed by atoms with Gasteiger partial charge in [0, 0.05) is 0 Å². The number of fused-ring (bicyclic) bond motifs is 1. The Balaban J connectivity index is 0.000000720. The summed E-state index contributed by atoms with van der Waals surface area (Å²) in [5.41, 5.74) is 1.62. The highest BCUT2D eigenvalue weighted by atomic mass is 35.5. The number of aromatic nitrogens is 2. The quantitative estimate of drug-likeness (QED) is 0.614. The lowest BCUT2D eigenvalue weighted by Gasteiger charge is -2.10. The van der Waals surface area contributed by atoms with Crippen molar-refractivity contribution in [1.29, 1.82) is 0 Å². The van der Waals surface area contributed by atoms with Crippen LogP contribution in [0.5, 0.6) is 5.75 Å². The Hall–Kier alpha value is -1.35. The molecule has 0 aliphatic carbocycles. The fourth-order valence-electron chi connectivity index (χ4n) is 0.913. The third kappa shape index (κ3) is 1.31. The van der Waals surface area contributed by atoms with E-state index in [9.17, 15) is 0 Å². The van der Waals surface area contributed by atoms with Crippen molar-refractivity contribution < 1.29 is 4.74 Å². The summed E-state index contributed by atoms with van der Waals surface area (Å²) in [4.78, 5) is 7.83. The maximum atomic E-state index is 5.13. The zero-order valence-electron chi connectivity index (χ0n) is 6.23. The van der Waals surface area contributed by atoms with Crippen molar-refractivity contribution in [1.82, 2.24) is 9.97 Å². The van der Waals surface area contributed by atoms with Crippen molar-refractivity contribution in [3.8, 4) is 5.75 Å². The second-order valence-electron chi connectivity index (χ2n) is 2.18. The first kappa shape index (κ1) is 8.74. The van der Waals surface area contributed by atoms with Gasteiger partial charge in [0.05, 0.1) is 12.5 Å². The maximum absolute atomic E-state index is 5.13. The van der Waals surface area contributed by atoms with Gasteiger partial charge in [-0.15, -0.1) is 12.4 Å². The summed E-state index contributed by atoms with van der Waals surface area (Å²) in [6.07, 6.45) is 6.45. The van der Waals surface area contributed by atoms with Crippen LogP contribution in [0.3, 0.4) is 0 Å². The average Bonchev–Trinajstić information content (AvgIpc) is 2.06. The molecule has 2 rings (SSSR count). The molecule has 0 saturated carbocycles. The van der Waals surface area contributed by atoms with E-state index in [0.29, 0.717) is 5.75 Å². The van der Waals surface area contributed by atoms with Crippen LogP contribution in [0.2, 0.25) is 0 Å². The van der Waals surface area contributed by atoms with E-state index in [0.717, 1.165) is 11.3 Å². The van der Waals surface area contributed by atoms with Gasteiger partial charge in [-0.3, -0.25) is 0 Å². The Bertz CT molecular complexity index is 336. The predicted molar refractivity (Wildman–Crippen MR) is 48.1 cm³/mol. The highest BCUT2D eigenvalue weighted by Gasteiger charge is 2.09. The van der Waals surface area contributed by atoms with E-state index in [-0.39, 0.29) is 12.4 Å². The van der Waals surface area contributed by atoms with E-state index in [1.165, 1.54) is 6.33 Å². The smallest absolute Gasteiger partial charge is 0.171 e. The van der Waals surface area contributed by atoms with E-state index >= 15 is 0 Å². The monoisotopic (exact) mass is 182 g/mol. The molecule has 0 fully saturated rings. The molecule has 0 aromatic carbocycles. The van der Waals surface area contributed by atoms with E-state index in [1.54, 1.807) is 18.5 Å². The summed E-state index contributed by atoms with van der Waals surface area (Å²) in [6.45, 7) is 3.80. The molecule has 0 unspecified atom stereocenters. The molecular weight excluding hydrogens is 176 g/mol. The van der Waals surface area contributed by atoms with Gasteiger partial charge in [-0.05, 0) is 11.6 Å². The predicted octanol–water partition coefficient (Wildman–Crippen LogP) is 1.82. The van der Waals surface area contributed by atoms with Crippen molar-refractivity contribution in [2.75, 3.05) is 0 Å². The molecule has 0 spiro atoms. The lowest BCUT2D eigenvalue weighted by Crippen LogP contribution is -1.98. The molecule has 62 valence electrons. The van der Waals surface area contributed by atoms with Crippen LogP contribution in [0.25, 0.3) is 5.57 Å². The fraction of sp³-hybridized carbons (Fsp3) is 0. The van der Waals surface area contributed by atoms with Crippen LogP contribution in [-0.4, -0.2) is 9.97 Å². The van der Waals surface area contributed by atoms with Crippen molar-refractivity contribution in [3.05, 3.63) is 37.1 Å². The molecule has 0 atom stereocenters. The standard InChI is InChI=1S/C8H6N2O.ClH/c1-6-2-3-11-7-4-9-5-10-8(6)7;/h2-5H,1H2;1H.